The van der Waals surface area contributed by atoms with Crippen LogP contribution in [0.3, 0.4) is 0 Å². The zero-order chi connectivity index (χ0) is 9.97. The van der Waals surface area contributed by atoms with Crippen molar-refractivity contribution in [2.45, 2.75) is 13.3 Å². The van der Waals surface area contributed by atoms with Crippen molar-refractivity contribution in [1.82, 2.24) is 4.90 Å². The van der Waals surface area contributed by atoms with E-state index in [1.165, 1.54) is 12.0 Å². The smallest absolute Gasteiger partial charge is 0.0720 e. The standard InChI is InChI=1S/C12H15NS/c1-10-4-3-5-12(8-10)9-13-6-7-14-11(13)2/h3,5-8,10H,2,4,9H2,1H3. The molecule has 0 amide bonds. The van der Waals surface area contributed by atoms with Crippen molar-refractivity contribution >= 4 is 11.8 Å². The lowest BCUT2D eigenvalue weighted by Gasteiger charge is -2.19. The Morgan fingerprint density at radius 2 is 2.50 bits per heavy atom. The van der Waals surface area contributed by atoms with E-state index in [2.05, 4.69) is 48.2 Å². The fourth-order valence-electron chi connectivity index (χ4n) is 1.70. The van der Waals surface area contributed by atoms with Gasteiger partial charge in [0, 0.05) is 12.7 Å². The molecule has 0 N–H and O–H groups in total. The van der Waals surface area contributed by atoms with E-state index in [4.69, 9.17) is 0 Å². The number of rotatable bonds is 2. The Bertz CT molecular complexity index is 325. The maximum Gasteiger partial charge on any atom is 0.0720 e. The summed E-state index contributed by atoms with van der Waals surface area (Å²) in [6.45, 7) is 7.21. The Morgan fingerprint density at radius 3 is 3.14 bits per heavy atom. The summed E-state index contributed by atoms with van der Waals surface area (Å²) in [6.07, 6.45) is 10.1. The van der Waals surface area contributed by atoms with Gasteiger partial charge in [0.25, 0.3) is 0 Å². The lowest BCUT2D eigenvalue weighted by atomic mass is 9.98. The van der Waals surface area contributed by atoms with Crippen LogP contribution in [0.25, 0.3) is 0 Å². The number of allylic oxidation sites excluding steroid dienone is 2. The molecular weight excluding hydrogens is 190 g/mol. The summed E-state index contributed by atoms with van der Waals surface area (Å²) < 4.78 is 0. The van der Waals surface area contributed by atoms with Crippen molar-refractivity contribution < 1.29 is 0 Å². The van der Waals surface area contributed by atoms with Crippen LogP contribution in [0, 0.1) is 5.92 Å². The molecule has 1 aliphatic carbocycles. The molecule has 2 heteroatoms. The SMILES string of the molecule is C=C1SC=CN1CC1=CC(C)CC=C1. The Labute approximate surface area is 89.9 Å². The predicted octanol–water partition coefficient (Wildman–Crippen LogP) is 3.50. The lowest BCUT2D eigenvalue weighted by molar-refractivity contribution is 0.546. The first-order chi connectivity index (χ1) is 6.75. The molecule has 2 aliphatic rings. The maximum absolute atomic E-state index is 4.00. The number of thioether (sulfide) groups is 1. The van der Waals surface area contributed by atoms with Crippen molar-refractivity contribution in [3.8, 4) is 0 Å². The predicted molar refractivity (Wildman–Crippen MR) is 63.6 cm³/mol. The van der Waals surface area contributed by atoms with Crippen LogP contribution in [0.15, 0.2) is 47.0 Å². The average Bonchev–Trinajstić information content (AvgIpc) is 2.52. The van der Waals surface area contributed by atoms with Crippen molar-refractivity contribution in [3.05, 3.63) is 47.0 Å². The van der Waals surface area contributed by atoms with Gasteiger partial charge in [0.05, 0.1) is 5.03 Å². The molecule has 14 heavy (non-hydrogen) atoms. The first-order valence-electron chi connectivity index (χ1n) is 4.92. The summed E-state index contributed by atoms with van der Waals surface area (Å²) in [5.74, 6) is 0.683. The van der Waals surface area contributed by atoms with E-state index >= 15 is 0 Å². The van der Waals surface area contributed by atoms with Gasteiger partial charge < -0.3 is 4.90 Å². The van der Waals surface area contributed by atoms with Gasteiger partial charge in [0.15, 0.2) is 0 Å². The highest BCUT2D eigenvalue weighted by atomic mass is 32.2. The molecule has 1 atom stereocenters. The Hall–Kier alpha value is -0.890. The molecule has 1 aliphatic heterocycles. The second-order valence-corrected chi connectivity index (χ2v) is 4.76. The molecule has 0 saturated carbocycles. The maximum atomic E-state index is 4.00. The molecule has 1 heterocycles. The summed E-state index contributed by atoms with van der Waals surface area (Å²) in [4.78, 5) is 2.19. The Kier molecular flexibility index (Phi) is 2.82. The highest BCUT2D eigenvalue weighted by Gasteiger charge is 2.12. The summed E-state index contributed by atoms with van der Waals surface area (Å²) in [5.41, 5.74) is 1.40. The van der Waals surface area contributed by atoms with E-state index in [1.54, 1.807) is 11.8 Å². The van der Waals surface area contributed by atoms with Crippen LogP contribution < -0.4 is 0 Å². The van der Waals surface area contributed by atoms with E-state index in [-0.39, 0.29) is 0 Å². The number of hydrogen-bond acceptors (Lipinski definition) is 2. The molecule has 1 nitrogen and oxygen atoms in total. The van der Waals surface area contributed by atoms with Gasteiger partial charge in [0.2, 0.25) is 0 Å². The van der Waals surface area contributed by atoms with E-state index in [9.17, 15) is 0 Å². The molecule has 2 rings (SSSR count). The van der Waals surface area contributed by atoms with E-state index in [0.29, 0.717) is 5.92 Å². The van der Waals surface area contributed by atoms with Crippen LogP contribution in [0.4, 0.5) is 0 Å². The van der Waals surface area contributed by atoms with Crippen LogP contribution in [0.5, 0.6) is 0 Å². The first-order valence-corrected chi connectivity index (χ1v) is 5.80. The summed E-state index contributed by atoms with van der Waals surface area (Å²) in [7, 11) is 0. The minimum absolute atomic E-state index is 0.683. The van der Waals surface area contributed by atoms with Crippen LogP contribution in [0.2, 0.25) is 0 Å². The lowest BCUT2D eigenvalue weighted by Crippen LogP contribution is -2.15. The molecule has 0 aromatic carbocycles. The normalized spacial score (nSPS) is 25.8. The first kappa shape index (κ1) is 9.66. The Morgan fingerprint density at radius 1 is 1.64 bits per heavy atom. The van der Waals surface area contributed by atoms with Gasteiger partial charge in [-0.25, -0.2) is 0 Å². The Balaban J connectivity index is 2.00. The minimum atomic E-state index is 0.683. The van der Waals surface area contributed by atoms with E-state index in [0.717, 1.165) is 11.6 Å². The van der Waals surface area contributed by atoms with Crippen molar-refractivity contribution in [3.63, 3.8) is 0 Å². The molecular formula is C12H15NS. The zero-order valence-electron chi connectivity index (χ0n) is 8.44. The van der Waals surface area contributed by atoms with Crippen molar-refractivity contribution in [2.24, 2.45) is 5.92 Å². The largest absolute Gasteiger partial charge is 0.338 e. The highest BCUT2D eigenvalue weighted by Crippen LogP contribution is 2.28. The molecule has 0 saturated heterocycles. The quantitative estimate of drug-likeness (QED) is 0.679. The molecule has 74 valence electrons. The molecule has 0 aromatic rings. The van der Waals surface area contributed by atoms with Gasteiger partial charge in [-0.2, -0.15) is 0 Å². The van der Waals surface area contributed by atoms with Crippen LogP contribution in [-0.2, 0) is 0 Å². The average molecular weight is 205 g/mol. The van der Waals surface area contributed by atoms with Gasteiger partial charge in [-0.15, -0.1) is 0 Å². The second kappa shape index (κ2) is 4.09. The topological polar surface area (TPSA) is 3.24 Å². The fraction of sp³-hybridized carbons (Fsp3) is 0.333. The summed E-state index contributed by atoms with van der Waals surface area (Å²) in [5, 5.41) is 3.20. The molecule has 0 radical (unpaired) electrons. The van der Waals surface area contributed by atoms with Crippen LogP contribution >= 0.6 is 11.8 Å². The van der Waals surface area contributed by atoms with Crippen LogP contribution in [0.1, 0.15) is 13.3 Å². The molecule has 0 aromatic heterocycles. The van der Waals surface area contributed by atoms with E-state index in [1.807, 2.05) is 0 Å². The molecule has 1 unspecified atom stereocenters. The molecule has 0 fully saturated rings. The van der Waals surface area contributed by atoms with Gasteiger partial charge in [-0.05, 0) is 23.3 Å². The number of nitrogens with zero attached hydrogens (tertiary/aromatic N) is 1. The summed E-state index contributed by atoms with van der Waals surface area (Å²) in [6, 6.07) is 0. The summed E-state index contributed by atoms with van der Waals surface area (Å²) >= 11 is 1.69. The third-order valence-corrected chi connectivity index (χ3v) is 3.22. The second-order valence-electron chi connectivity index (χ2n) is 3.78. The third kappa shape index (κ3) is 2.13. The number of hydrogen-bond donors (Lipinski definition) is 0. The minimum Gasteiger partial charge on any atom is -0.338 e. The highest BCUT2D eigenvalue weighted by molar-refractivity contribution is 8.05. The third-order valence-electron chi connectivity index (χ3n) is 2.46. The van der Waals surface area contributed by atoms with Crippen LogP contribution in [-0.4, -0.2) is 11.4 Å². The van der Waals surface area contributed by atoms with E-state index < -0.39 is 0 Å². The fourth-order valence-corrected chi connectivity index (χ4v) is 2.33. The van der Waals surface area contributed by atoms with Crippen molar-refractivity contribution in [2.75, 3.05) is 6.54 Å². The molecule has 0 bridgehead atoms. The van der Waals surface area contributed by atoms with Gasteiger partial charge in [0.1, 0.15) is 0 Å². The molecule has 0 spiro atoms. The van der Waals surface area contributed by atoms with Gasteiger partial charge >= 0.3 is 0 Å². The van der Waals surface area contributed by atoms with Gasteiger partial charge in [-0.3, -0.25) is 0 Å². The monoisotopic (exact) mass is 205 g/mol. The zero-order valence-corrected chi connectivity index (χ0v) is 9.26. The van der Waals surface area contributed by atoms with Gasteiger partial charge in [-0.1, -0.05) is 43.5 Å². The van der Waals surface area contributed by atoms with Crippen molar-refractivity contribution in [1.29, 1.82) is 0 Å².